The zero-order valence-corrected chi connectivity index (χ0v) is 16.3. The molecule has 2 heterocycles. The maximum absolute atomic E-state index is 13.3. The van der Waals surface area contributed by atoms with Gasteiger partial charge in [0.15, 0.2) is 6.04 Å². The van der Waals surface area contributed by atoms with Crippen molar-refractivity contribution in [2.45, 2.75) is 57.3 Å². The number of benzene rings is 1. The summed E-state index contributed by atoms with van der Waals surface area (Å²) < 4.78 is 7.33. The number of amides is 2. The Morgan fingerprint density at radius 2 is 1.93 bits per heavy atom. The number of rotatable bonds is 5. The topological polar surface area (TPSA) is 63.6 Å². The molecule has 1 N–H and O–H groups in total. The molecule has 0 radical (unpaired) electrons. The molecule has 0 spiro atoms. The molecule has 1 fully saturated rings. The predicted octanol–water partition coefficient (Wildman–Crippen LogP) is 3.03. The number of carbonyl (C=O) groups excluding carboxylic acids is 2. The van der Waals surface area contributed by atoms with E-state index in [9.17, 15) is 9.59 Å². The van der Waals surface area contributed by atoms with E-state index in [1.807, 2.05) is 47.2 Å². The smallest absolute Gasteiger partial charge is 0.249 e. The summed E-state index contributed by atoms with van der Waals surface area (Å²) in [5, 5.41) is 3.21. The van der Waals surface area contributed by atoms with E-state index in [-0.39, 0.29) is 24.4 Å². The van der Waals surface area contributed by atoms with Gasteiger partial charge in [0.2, 0.25) is 11.8 Å². The third-order valence-electron chi connectivity index (χ3n) is 5.82. The first kappa shape index (κ1) is 18.6. The third kappa shape index (κ3) is 3.63. The van der Waals surface area contributed by atoms with Crippen LogP contribution < -0.4 is 10.1 Å². The first-order chi connectivity index (χ1) is 13.7. The molecule has 1 aromatic carbocycles. The van der Waals surface area contributed by atoms with E-state index in [1.54, 1.807) is 12.0 Å². The van der Waals surface area contributed by atoms with E-state index in [4.69, 9.17) is 4.74 Å². The van der Waals surface area contributed by atoms with Crippen LogP contribution in [0.5, 0.6) is 5.75 Å². The second kappa shape index (κ2) is 8.09. The van der Waals surface area contributed by atoms with Crippen molar-refractivity contribution < 1.29 is 14.3 Å². The molecule has 148 valence electrons. The van der Waals surface area contributed by atoms with Gasteiger partial charge in [-0.15, -0.1) is 0 Å². The lowest BCUT2D eigenvalue weighted by Gasteiger charge is -2.37. The van der Waals surface area contributed by atoms with Crippen molar-refractivity contribution in [2.24, 2.45) is 0 Å². The number of ether oxygens (including phenoxy) is 1. The zero-order valence-electron chi connectivity index (χ0n) is 16.3. The van der Waals surface area contributed by atoms with Crippen LogP contribution in [0.15, 0.2) is 42.6 Å². The van der Waals surface area contributed by atoms with E-state index in [0.717, 1.165) is 42.7 Å². The van der Waals surface area contributed by atoms with Crippen LogP contribution in [0.4, 0.5) is 0 Å². The molecule has 0 bridgehead atoms. The summed E-state index contributed by atoms with van der Waals surface area (Å²) in [7, 11) is 1.62. The molecule has 28 heavy (non-hydrogen) atoms. The predicted molar refractivity (Wildman–Crippen MR) is 106 cm³/mol. The molecule has 1 aromatic heterocycles. The molecule has 2 aromatic rings. The van der Waals surface area contributed by atoms with Crippen molar-refractivity contribution in [2.75, 3.05) is 7.11 Å². The molecule has 4 rings (SSSR count). The highest BCUT2D eigenvalue weighted by atomic mass is 16.5. The average molecular weight is 381 g/mol. The van der Waals surface area contributed by atoms with Crippen LogP contribution in [0.2, 0.25) is 0 Å². The lowest BCUT2D eigenvalue weighted by Crippen LogP contribution is -2.50. The molecular formula is C22H27N3O3. The van der Waals surface area contributed by atoms with Crippen LogP contribution in [0.1, 0.15) is 49.4 Å². The first-order valence-corrected chi connectivity index (χ1v) is 10.0. The zero-order chi connectivity index (χ0) is 19.5. The molecule has 2 aliphatic rings. The van der Waals surface area contributed by atoms with Gasteiger partial charge in [0, 0.05) is 17.8 Å². The van der Waals surface area contributed by atoms with Gasteiger partial charge < -0.3 is 19.5 Å². The van der Waals surface area contributed by atoms with Gasteiger partial charge in [-0.1, -0.05) is 37.5 Å². The number of methoxy groups -OCH3 is 1. The van der Waals surface area contributed by atoms with Crippen molar-refractivity contribution in [3.05, 3.63) is 53.9 Å². The number of hydrogen-bond donors (Lipinski definition) is 1. The highest BCUT2D eigenvalue weighted by molar-refractivity contribution is 5.90. The molecule has 1 atom stereocenters. The quantitative estimate of drug-likeness (QED) is 0.866. The van der Waals surface area contributed by atoms with Gasteiger partial charge >= 0.3 is 0 Å². The van der Waals surface area contributed by atoms with E-state index >= 15 is 0 Å². The fourth-order valence-electron chi connectivity index (χ4n) is 4.36. The van der Waals surface area contributed by atoms with Crippen LogP contribution in [-0.2, 0) is 22.7 Å². The summed E-state index contributed by atoms with van der Waals surface area (Å²) in [5.74, 6) is 0.580. The number of para-hydroxylation sites is 1. The van der Waals surface area contributed by atoms with Gasteiger partial charge in [0.05, 0.1) is 19.3 Å². The number of nitrogens with zero attached hydrogens (tertiary/aromatic N) is 2. The summed E-state index contributed by atoms with van der Waals surface area (Å²) in [6.45, 7) is 0.599. The maximum atomic E-state index is 13.3. The highest BCUT2D eigenvalue weighted by Crippen LogP contribution is 2.31. The Hall–Kier alpha value is -2.76. The number of carbonyl (C=O) groups is 2. The van der Waals surface area contributed by atoms with Crippen molar-refractivity contribution in [3.8, 4) is 5.75 Å². The van der Waals surface area contributed by atoms with E-state index < -0.39 is 6.04 Å². The SMILES string of the molecule is COc1ccccc1CN1C(=O)Cn2cccc2C1C(=O)NC1CCCCC1. The van der Waals surface area contributed by atoms with Crippen molar-refractivity contribution in [3.63, 3.8) is 0 Å². The molecule has 1 unspecified atom stereocenters. The van der Waals surface area contributed by atoms with E-state index in [1.165, 1.54) is 6.42 Å². The summed E-state index contributed by atoms with van der Waals surface area (Å²) >= 11 is 0. The molecule has 1 aliphatic heterocycles. The van der Waals surface area contributed by atoms with Crippen LogP contribution in [0, 0.1) is 0 Å². The van der Waals surface area contributed by atoms with Crippen molar-refractivity contribution >= 4 is 11.8 Å². The molecule has 1 saturated carbocycles. The Morgan fingerprint density at radius 3 is 2.71 bits per heavy atom. The minimum absolute atomic E-state index is 0.0570. The van der Waals surface area contributed by atoms with Crippen molar-refractivity contribution in [1.29, 1.82) is 0 Å². The molecule has 6 heteroatoms. The van der Waals surface area contributed by atoms with Crippen molar-refractivity contribution in [1.82, 2.24) is 14.8 Å². The Kier molecular flexibility index (Phi) is 5.37. The number of nitrogens with one attached hydrogen (secondary N) is 1. The minimum atomic E-state index is -0.622. The molecule has 6 nitrogen and oxygen atoms in total. The van der Waals surface area contributed by atoms with Crippen LogP contribution >= 0.6 is 0 Å². The summed E-state index contributed by atoms with van der Waals surface area (Å²) in [6, 6.07) is 11.1. The second-order valence-electron chi connectivity index (χ2n) is 7.64. The Balaban J connectivity index is 1.62. The second-order valence-corrected chi connectivity index (χ2v) is 7.64. The Labute approximate surface area is 165 Å². The summed E-state index contributed by atoms with van der Waals surface area (Å²) in [5.41, 5.74) is 1.76. The lowest BCUT2D eigenvalue weighted by molar-refractivity contribution is -0.144. The summed E-state index contributed by atoms with van der Waals surface area (Å²) in [4.78, 5) is 27.9. The van der Waals surface area contributed by atoms with Crippen LogP contribution in [-0.4, -0.2) is 34.4 Å². The van der Waals surface area contributed by atoms with Gasteiger partial charge in [0.25, 0.3) is 0 Å². The Bertz CT molecular complexity index is 854. The van der Waals surface area contributed by atoms with Gasteiger partial charge in [-0.25, -0.2) is 0 Å². The largest absolute Gasteiger partial charge is 0.496 e. The monoisotopic (exact) mass is 381 g/mol. The van der Waals surface area contributed by atoms with Gasteiger partial charge in [-0.3, -0.25) is 9.59 Å². The fourth-order valence-corrected chi connectivity index (χ4v) is 4.36. The van der Waals surface area contributed by atoms with Gasteiger partial charge in [-0.05, 0) is 31.0 Å². The normalized spacial score (nSPS) is 20.0. The van der Waals surface area contributed by atoms with E-state index in [2.05, 4.69) is 5.32 Å². The Morgan fingerprint density at radius 1 is 1.14 bits per heavy atom. The third-order valence-corrected chi connectivity index (χ3v) is 5.82. The standard InChI is InChI=1S/C22H27N3O3/c1-28-19-12-6-5-8-16(19)14-25-20(26)15-24-13-7-11-18(24)21(25)22(27)23-17-9-3-2-4-10-17/h5-8,11-13,17,21H,2-4,9-10,14-15H2,1H3,(H,23,27). The summed E-state index contributed by atoms with van der Waals surface area (Å²) in [6.07, 6.45) is 7.43. The average Bonchev–Trinajstić information content (AvgIpc) is 3.17. The molecule has 0 saturated heterocycles. The number of fused-ring (bicyclic) bond motifs is 1. The lowest BCUT2D eigenvalue weighted by atomic mass is 9.95. The first-order valence-electron chi connectivity index (χ1n) is 10.0. The van der Waals surface area contributed by atoms with Crippen LogP contribution in [0.3, 0.4) is 0 Å². The van der Waals surface area contributed by atoms with E-state index in [0.29, 0.717) is 6.54 Å². The number of aromatic nitrogens is 1. The van der Waals surface area contributed by atoms with Gasteiger partial charge in [-0.2, -0.15) is 0 Å². The molecular weight excluding hydrogens is 354 g/mol. The molecule has 2 amide bonds. The van der Waals surface area contributed by atoms with Gasteiger partial charge in [0.1, 0.15) is 12.3 Å². The number of hydrogen-bond acceptors (Lipinski definition) is 3. The fraction of sp³-hybridized carbons (Fsp3) is 0.455. The minimum Gasteiger partial charge on any atom is -0.496 e. The van der Waals surface area contributed by atoms with Crippen LogP contribution in [0.25, 0.3) is 0 Å². The molecule has 1 aliphatic carbocycles. The highest BCUT2D eigenvalue weighted by Gasteiger charge is 2.38. The maximum Gasteiger partial charge on any atom is 0.249 e.